The van der Waals surface area contributed by atoms with Crippen LogP contribution in [0.2, 0.25) is 0 Å². The average Bonchev–Trinajstić information content (AvgIpc) is 2.51. The third-order valence-electron chi connectivity index (χ3n) is 3.45. The van der Waals surface area contributed by atoms with Crippen molar-refractivity contribution < 1.29 is 4.39 Å². The van der Waals surface area contributed by atoms with Gasteiger partial charge in [-0.25, -0.2) is 9.37 Å². The van der Waals surface area contributed by atoms with Gasteiger partial charge in [0.05, 0.1) is 18.6 Å². The molecule has 1 aliphatic heterocycles. The van der Waals surface area contributed by atoms with Gasteiger partial charge in [0.1, 0.15) is 5.82 Å². The number of aromatic nitrogens is 1. The molecular formula is C11H15FN4. The van der Waals surface area contributed by atoms with Crippen LogP contribution in [0.25, 0.3) is 0 Å². The van der Waals surface area contributed by atoms with Crippen LogP contribution in [0.1, 0.15) is 12.8 Å². The standard InChI is InChI=1S/C11H15FN4/c1-15-6-16(9-3-8(13)4-9)11-10(15)2-7(12)5-14-11/h2,5,8-9H,3-4,6,13H2,1H3. The van der Waals surface area contributed by atoms with Gasteiger partial charge < -0.3 is 15.5 Å². The van der Waals surface area contributed by atoms with Gasteiger partial charge in [-0.05, 0) is 12.8 Å². The summed E-state index contributed by atoms with van der Waals surface area (Å²) in [5.41, 5.74) is 6.67. The van der Waals surface area contributed by atoms with Gasteiger partial charge in [0.15, 0.2) is 5.82 Å². The molecule has 3 rings (SSSR count). The van der Waals surface area contributed by atoms with E-state index in [4.69, 9.17) is 5.73 Å². The molecule has 0 atom stereocenters. The second kappa shape index (κ2) is 3.31. The van der Waals surface area contributed by atoms with E-state index in [0.717, 1.165) is 31.0 Å². The predicted octanol–water partition coefficient (Wildman–Crippen LogP) is 0.924. The molecule has 0 radical (unpaired) electrons. The number of hydrogen-bond donors (Lipinski definition) is 1. The molecule has 16 heavy (non-hydrogen) atoms. The minimum atomic E-state index is -0.280. The zero-order chi connectivity index (χ0) is 11.3. The van der Waals surface area contributed by atoms with Crippen LogP contribution in [-0.2, 0) is 0 Å². The predicted molar refractivity (Wildman–Crippen MR) is 60.9 cm³/mol. The van der Waals surface area contributed by atoms with Crippen molar-refractivity contribution in [2.24, 2.45) is 5.73 Å². The van der Waals surface area contributed by atoms with Crippen molar-refractivity contribution in [3.05, 3.63) is 18.1 Å². The van der Waals surface area contributed by atoms with Crippen LogP contribution < -0.4 is 15.5 Å². The molecule has 0 unspecified atom stereocenters. The van der Waals surface area contributed by atoms with Crippen LogP contribution in [0.4, 0.5) is 15.9 Å². The molecule has 2 N–H and O–H groups in total. The van der Waals surface area contributed by atoms with Crippen LogP contribution in [0.5, 0.6) is 0 Å². The Kier molecular flexibility index (Phi) is 2.04. The van der Waals surface area contributed by atoms with Crippen molar-refractivity contribution in [3.63, 3.8) is 0 Å². The van der Waals surface area contributed by atoms with Crippen molar-refractivity contribution in [1.82, 2.24) is 4.98 Å². The molecule has 0 aromatic carbocycles. The number of fused-ring (bicyclic) bond motifs is 1. The summed E-state index contributed by atoms with van der Waals surface area (Å²) >= 11 is 0. The highest BCUT2D eigenvalue weighted by molar-refractivity contribution is 5.72. The highest BCUT2D eigenvalue weighted by Gasteiger charge is 2.37. The van der Waals surface area contributed by atoms with Gasteiger partial charge in [-0.15, -0.1) is 0 Å². The molecule has 0 bridgehead atoms. The molecular weight excluding hydrogens is 207 g/mol. The Labute approximate surface area is 93.9 Å². The topological polar surface area (TPSA) is 45.4 Å². The highest BCUT2D eigenvalue weighted by atomic mass is 19.1. The zero-order valence-corrected chi connectivity index (χ0v) is 9.23. The number of rotatable bonds is 1. The van der Waals surface area contributed by atoms with E-state index >= 15 is 0 Å². The molecule has 2 aliphatic rings. The zero-order valence-electron chi connectivity index (χ0n) is 9.23. The van der Waals surface area contributed by atoms with E-state index in [-0.39, 0.29) is 5.82 Å². The Balaban J connectivity index is 1.90. The largest absolute Gasteiger partial charge is 0.354 e. The second-order valence-corrected chi connectivity index (χ2v) is 4.69. The van der Waals surface area contributed by atoms with E-state index in [0.29, 0.717) is 12.1 Å². The number of anilines is 2. The fourth-order valence-corrected chi connectivity index (χ4v) is 2.47. The van der Waals surface area contributed by atoms with E-state index < -0.39 is 0 Å². The monoisotopic (exact) mass is 222 g/mol. The number of halogens is 1. The first-order valence-corrected chi connectivity index (χ1v) is 5.54. The lowest BCUT2D eigenvalue weighted by Gasteiger charge is -2.39. The number of pyridine rings is 1. The highest BCUT2D eigenvalue weighted by Crippen LogP contribution is 2.38. The van der Waals surface area contributed by atoms with Crippen LogP contribution >= 0.6 is 0 Å². The van der Waals surface area contributed by atoms with Gasteiger partial charge in [0.25, 0.3) is 0 Å². The molecule has 1 aromatic heterocycles. The van der Waals surface area contributed by atoms with Crippen LogP contribution in [0, 0.1) is 5.82 Å². The minimum absolute atomic E-state index is 0.280. The summed E-state index contributed by atoms with van der Waals surface area (Å²) in [6.45, 7) is 0.781. The Morgan fingerprint density at radius 3 is 2.94 bits per heavy atom. The normalized spacial score (nSPS) is 27.9. The fourth-order valence-electron chi connectivity index (χ4n) is 2.47. The Bertz CT molecular complexity index is 416. The van der Waals surface area contributed by atoms with Crippen molar-refractivity contribution in [1.29, 1.82) is 0 Å². The molecule has 5 heteroatoms. The minimum Gasteiger partial charge on any atom is -0.354 e. The lowest BCUT2D eigenvalue weighted by molar-refractivity contribution is 0.332. The maximum absolute atomic E-state index is 13.1. The summed E-state index contributed by atoms with van der Waals surface area (Å²) in [5, 5.41) is 0. The third kappa shape index (κ3) is 1.35. The van der Waals surface area contributed by atoms with E-state index in [1.807, 2.05) is 11.9 Å². The van der Waals surface area contributed by atoms with E-state index in [1.54, 1.807) is 6.07 Å². The van der Waals surface area contributed by atoms with Gasteiger partial charge in [-0.2, -0.15) is 0 Å². The summed E-state index contributed by atoms with van der Waals surface area (Å²) < 4.78 is 13.1. The summed E-state index contributed by atoms with van der Waals surface area (Å²) in [6.07, 6.45) is 3.29. The first-order valence-electron chi connectivity index (χ1n) is 5.54. The average molecular weight is 222 g/mol. The SMILES string of the molecule is CN1CN(C2CC(N)C2)c2ncc(F)cc21. The second-order valence-electron chi connectivity index (χ2n) is 4.69. The van der Waals surface area contributed by atoms with Crippen LogP contribution in [0.15, 0.2) is 12.3 Å². The fraction of sp³-hybridized carbons (Fsp3) is 0.545. The molecule has 4 nitrogen and oxygen atoms in total. The molecule has 86 valence electrons. The lowest BCUT2D eigenvalue weighted by Crippen LogP contribution is -2.51. The summed E-state index contributed by atoms with van der Waals surface area (Å²) in [7, 11) is 1.96. The van der Waals surface area contributed by atoms with Crippen LogP contribution in [0.3, 0.4) is 0 Å². The summed E-state index contributed by atoms with van der Waals surface area (Å²) in [5.74, 6) is 0.610. The van der Waals surface area contributed by atoms with Gasteiger partial charge in [-0.1, -0.05) is 0 Å². The molecule has 0 spiro atoms. The Morgan fingerprint density at radius 1 is 1.50 bits per heavy atom. The molecule has 1 aromatic rings. The van der Waals surface area contributed by atoms with Crippen molar-refractivity contribution in [2.75, 3.05) is 23.5 Å². The summed E-state index contributed by atoms with van der Waals surface area (Å²) in [6, 6.07) is 2.33. The molecule has 1 saturated carbocycles. The first kappa shape index (κ1) is 9.84. The van der Waals surface area contributed by atoms with Crippen molar-refractivity contribution in [2.45, 2.75) is 24.9 Å². The van der Waals surface area contributed by atoms with Gasteiger partial charge in [-0.3, -0.25) is 0 Å². The van der Waals surface area contributed by atoms with E-state index in [1.165, 1.54) is 6.20 Å². The quantitative estimate of drug-likeness (QED) is 0.767. The smallest absolute Gasteiger partial charge is 0.154 e. The van der Waals surface area contributed by atoms with E-state index in [9.17, 15) is 4.39 Å². The molecule has 0 amide bonds. The van der Waals surface area contributed by atoms with Gasteiger partial charge >= 0.3 is 0 Å². The molecule has 1 fully saturated rings. The summed E-state index contributed by atoms with van der Waals surface area (Å²) in [4.78, 5) is 8.43. The first-order chi connectivity index (χ1) is 7.65. The maximum Gasteiger partial charge on any atom is 0.154 e. The number of nitrogens with two attached hydrogens (primary N) is 1. The third-order valence-corrected chi connectivity index (χ3v) is 3.45. The Hall–Kier alpha value is -1.36. The Morgan fingerprint density at radius 2 is 2.25 bits per heavy atom. The van der Waals surface area contributed by atoms with Gasteiger partial charge in [0, 0.05) is 25.2 Å². The van der Waals surface area contributed by atoms with Crippen LogP contribution in [-0.4, -0.2) is 30.8 Å². The molecule has 2 heterocycles. The molecule has 1 aliphatic carbocycles. The van der Waals surface area contributed by atoms with Gasteiger partial charge in [0.2, 0.25) is 0 Å². The van der Waals surface area contributed by atoms with Crippen molar-refractivity contribution in [3.8, 4) is 0 Å². The maximum atomic E-state index is 13.1. The van der Waals surface area contributed by atoms with Crippen molar-refractivity contribution >= 4 is 11.5 Å². The number of hydrogen-bond acceptors (Lipinski definition) is 4. The lowest BCUT2D eigenvalue weighted by atomic mass is 9.86. The molecule has 0 saturated heterocycles. The number of nitrogens with zero attached hydrogens (tertiary/aromatic N) is 3. The van der Waals surface area contributed by atoms with E-state index in [2.05, 4.69) is 9.88 Å².